The van der Waals surface area contributed by atoms with Crippen LogP contribution in [0.5, 0.6) is 0 Å². The van der Waals surface area contributed by atoms with Crippen LogP contribution in [-0.4, -0.2) is 34.4 Å². The summed E-state index contributed by atoms with van der Waals surface area (Å²) in [5.41, 5.74) is 2.25. The van der Waals surface area contributed by atoms with Crippen molar-refractivity contribution in [3.05, 3.63) is 36.2 Å². The van der Waals surface area contributed by atoms with Crippen LogP contribution in [-0.2, 0) is 0 Å². The van der Waals surface area contributed by atoms with Crippen molar-refractivity contribution in [1.29, 1.82) is 0 Å². The Bertz CT molecular complexity index is 543. The second-order valence-corrected chi connectivity index (χ2v) is 4.55. The van der Waals surface area contributed by atoms with Gasteiger partial charge >= 0.3 is 0 Å². The summed E-state index contributed by atoms with van der Waals surface area (Å²) in [5, 5.41) is 12.5. The van der Waals surface area contributed by atoms with E-state index in [1.54, 1.807) is 0 Å². The lowest BCUT2D eigenvalue weighted by Gasteiger charge is -2.17. The minimum atomic E-state index is -0.261. The van der Waals surface area contributed by atoms with Crippen LogP contribution in [0.25, 0.3) is 0 Å². The van der Waals surface area contributed by atoms with Crippen molar-refractivity contribution in [2.45, 2.75) is 12.8 Å². The van der Waals surface area contributed by atoms with Crippen LogP contribution in [0, 0.1) is 0 Å². The van der Waals surface area contributed by atoms with Gasteiger partial charge in [0.1, 0.15) is 0 Å². The number of carbonyl (C=O) groups excluding carboxylic acids is 1. The number of benzene rings is 1. The molecule has 0 unspecified atom stereocenters. The summed E-state index contributed by atoms with van der Waals surface area (Å²) < 4.78 is 0. The van der Waals surface area contributed by atoms with Crippen LogP contribution in [0.15, 0.2) is 30.5 Å². The molecule has 2 heterocycles. The molecular weight excluding hydrogens is 242 g/mol. The smallest absolute Gasteiger partial charge is 0.277 e. The number of hydrogen-bond acceptors (Lipinski definition) is 4. The number of nitrogens with zero attached hydrogens (tertiary/aromatic N) is 3. The Balaban J connectivity index is 1.67. The van der Waals surface area contributed by atoms with Crippen molar-refractivity contribution in [2.75, 3.05) is 23.3 Å². The van der Waals surface area contributed by atoms with Gasteiger partial charge in [-0.05, 0) is 37.1 Å². The van der Waals surface area contributed by atoms with Crippen molar-refractivity contribution in [3.63, 3.8) is 0 Å². The van der Waals surface area contributed by atoms with E-state index in [-0.39, 0.29) is 11.6 Å². The molecule has 0 radical (unpaired) electrons. The van der Waals surface area contributed by atoms with E-state index in [0.29, 0.717) is 0 Å². The first-order valence-electron chi connectivity index (χ1n) is 6.35. The predicted octanol–water partition coefficient (Wildman–Crippen LogP) is 1.66. The number of aromatic nitrogens is 3. The number of hydrogen-bond donors (Lipinski definition) is 2. The van der Waals surface area contributed by atoms with Gasteiger partial charge in [0, 0.05) is 24.5 Å². The van der Waals surface area contributed by atoms with Crippen molar-refractivity contribution < 1.29 is 4.79 Å². The van der Waals surface area contributed by atoms with E-state index in [0.717, 1.165) is 18.8 Å². The summed E-state index contributed by atoms with van der Waals surface area (Å²) in [7, 11) is 0. The molecule has 1 aliphatic heterocycles. The second-order valence-electron chi connectivity index (χ2n) is 4.55. The molecular formula is C13H15N5O. The van der Waals surface area contributed by atoms with E-state index in [4.69, 9.17) is 0 Å². The standard InChI is InChI=1S/C13H15N5O/c19-13(12-9-14-17-16-12)15-10-3-5-11(6-4-10)18-7-1-2-8-18/h3-6,9H,1-2,7-8H2,(H,15,19)(H,14,16,17). The molecule has 2 aromatic rings. The maximum atomic E-state index is 11.8. The summed E-state index contributed by atoms with van der Waals surface area (Å²) in [6, 6.07) is 7.88. The normalized spacial score (nSPS) is 14.6. The molecule has 6 heteroatoms. The fourth-order valence-corrected chi connectivity index (χ4v) is 2.24. The number of carbonyl (C=O) groups is 1. The molecule has 98 valence electrons. The van der Waals surface area contributed by atoms with Gasteiger partial charge in [-0.25, -0.2) is 0 Å². The molecule has 1 saturated heterocycles. The van der Waals surface area contributed by atoms with Gasteiger partial charge in [0.05, 0.1) is 6.20 Å². The maximum absolute atomic E-state index is 11.8. The number of amides is 1. The molecule has 0 saturated carbocycles. The van der Waals surface area contributed by atoms with E-state index in [9.17, 15) is 4.79 Å². The zero-order valence-electron chi connectivity index (χ0n) is 10.5. The lowest BCUT2D eigenvalue weighted by molar-refractivity contribution is 0.102. The Kier molecular flexibility index (Phi) is 3.14. The number of aromatic amines is 1. The fraction of sp³-hybridized carbons (Fsp3) is 0.308. The van der Waals surface area contributed by atoms with Crippen molar-refractivity contribution in [1.82, 2.24) is 15.4 Å². The molecule has 3 rings (SSSR count). The average Bonchev–Trinajstić information content (AvgIpc) is 3.13. The summed E-state index contributed by atoms with van der Waals surface area (Å²) in [6.45, 7) is 2.23. The molecule has 6 nitrogen and oxygen atoms in total. The van der Waals surface area contributed by atoms with Crippen molar-refractivity contribution in [2.24, 2.45) is 0 Å². The third-order valence-electron chi connectivity index (χ3n) is 3.24. The highest BCUT2D eigenvalue weighted by Crippen LogP contribution is 2.22. The Morgan fingerprint density at radius 1 is 1.21 bits per heavy atom. The third-order valence-corrected chi connectivity index (χ3v) is 3.24. The van der Waals surface area contributed by atoms with Gasteiger partial charge in [-0.2, -0.15) is 15.4 Å². The number of H-pyrrole nitrogens is 1. The first kappa shape index (κ1) is 11.7. The molecule has 1 amide bonds. The maximum Gasteiger partial charge on any atom is 0.277 e. The summed E-state index contributed by atoms with van der Waals surface area (Å²) in [5.74, 6) is -0.261. The largest absolute Gasteiger partial charge is 0.372 e. The summed E-state index contributed by atoms with van der Waals surface area (Å²) in [6.07, 6.45) is 3.91. The predicted molar refractivity (Wildman–Crippen MR) is 72.2 cm³/mol. The van der Waals surface area contributed by atoms with Crippen LogP contribution in [0.1, 0.15) is 23.3 Å². The van der Waals surface area contributed by atoms with Crippen LogP contribution in [0.3, 0.4) is 0 Å². The van der Waals surface area contributed by atoms with Gasteiger partial charge < -0.3 is 10.2 Å². The lowest BCUT2D eigenvalue weighted by Crippen LogP contribution is -2.17. The van der Waals surface area contributed by atoms with E-state index in [1.165, 1.54) is 24.7 Å². The van der Waals surface area contributed by atoms with Crippen molar-refractivity contribution >= 4 is 17.3 Å². The monoisotopic (exact) mass is 257 g/mol. The Hall–Kier alpha value is -2.37. The first-order valence-corrected chi connectivity index (χ1v) is 6.35. The minimum absolute atomic E-state index is 0.261. The number of nitrogens with one attached hydrogen (secondary N) is 2. The zero-order valence-corrected chi connectivity index (χ0v) is 10.5. The Morgan fingerprint density at radius 3 is 2.58 bits per heavy atom. The summed E-state index contributed by atoms with van der Waals surface area (Å²) in [4.78, 5) is 14.1. The molecule has 1 aromatic carbocycles. The van der Waals surface area contributed by atoms with Gasteiger partial charge in [-0.1, -0.05) is 0 Å². The Labute approximate surface area is 110 Å². The molecule has 0 bridgehead atoms. The highest BCUT2D eigenvalue weighted by Gasteiger charge is 2.12. The zero-order chi connectivity index (χ0) is 13.1. The van der Waals surface area contributed by atoms with E-state index >= 15 is 0 Å². The van der Waals surface area contributed by atoms with Crippen LogP contribution >= 0.6 is 0 Å². The SMILES string of the molecule is O=C(Nc1ccc(N2CCCC2)cc1)c1cn[nH]n1. The van der Waals surface area contributed by atoms with E-state index < -0.39 is 0 Å². The quantitative estimate of drug-likeness (QED) is 0.877. The fourth-order valence-electron chi connectivity index (χ4n) is 2.24. The average molecular weight is 257 g/mol. The number of anilines is 2. The molecule has 19 heavy (non-hydrogen) atoms. The molecule has 1 aromatic heterocycles. The molecule has 1 fully saturated rings. The minimum Gasteiger partial charge on any atom is -0.372 e. The molecule has 0 atom stereocenters. The summed E-state index contributed by atoms with van der Waals surface area (Å²) >= 11 is 0. The van der Waals surface area contributed by atoms with Gasteiger partial charge in [-0.15, -0.1) is 0 Å². The first-order chi connectivity index (χ1) is 9.33. The highest BCUT2D eigenvalue weighted by atomic mass is 16.2. The van der Waals surface area contributed by atoms with E-state index in [2.05, 4.69) is 25.6 Å². The van der Waals surface area contributed by atoms with Crippen LogP contribution < -0.4 is 10.2 Å². The second kappa shape index (κ2) is 5.09. The lowest BCUT2D eigenvalue weighted by atomic mass is 10.2. The van der Waals surface area contributed by atoms with Gasteiger partial charge in [0.2, 0.25) is 0 Å². The van der Waals surface area contributed by atoms with Gasteiger partial charge in [-0.3, -0.25) is 4.79 Å². The van der Waals surface area contributed by atoms with E-state index in [1.807, 2.05) is 24.3 Å². The topological polar surface area (TPSA) is 73.9 Å². The van der Waals surface area contributed by atoms with Crippen molar-refractivity contribution in [3.8, 4) is 0 Å². The Morgan fingerprint density at radius 2 is 1.95 bits per heavy atom. The molecule has 0 spiro atoms. The molecule has 2 N–H and O–H groups in total. The third kappa shape index (κ3) is 2.57. The number of rotatable bonds is 3. The molecule has 1 aliphatic rings. The highest BCUT2D eigenvalue weighted by molar-refractivity contribution is 6.02. The van der Waals surface area contributed by atoms with Gasteiger partial charge in [0.25, 0.3) is 5.91 Å². The van der Waals surface area contributed by atoms with Crippen LogP contribution in [0.4, 0.5) is 11.4 Å². The van der Waals surface area contributed by atoms with Gasteiger partial charge in [0.15, 0.2) is 5.69 Å². The van der Waals surface area contributed by atoms with Crippen LogP contribution in [0.2, 0.25) is 0 Å². The molecule has 0 aliphatic carbocycles.